The van der Waals surface area contributed by atoms with Crippen LogP contribution in [0.15, 0.2) is 23.1 Å². The quantitative estimate of drug-likeness (QED) is 0.596. The molecule has 0 aliphatic carbocycles. The molecule has 0 aliphatic rings. The van der Waals surface area contributed by atoms with Gasteiger partial charge in [0.25, 0.3) is 0 Å². The first-order valence-electron chi connectivity index (χ1n) is 6.27. The molecule has 0 heterocycles. The van der Waals surface area contributed by atoms with Crippen LogP contribution in [0.5, 0.6) is 0 Å². The zero-order chi connectivity index (χ0) is 15.9. The summed E-state index contributed by atoms with van der Waals surface area (Å²) in [6.45, 7) is 1.87. The third kappa shape index (κ3) is 5.19. The molecule has 0 amide bonds. The summed E-state index contributed by atoms with van der Waals surface area (Å²) in [4.78, 5) is 11.1. The van der Waals surface area contributed by atoms with Crippen molar-refractivity contribution in [1.29, 1.82) is 0 Å². The van der Waals surface area contributed by atoms with E-state index in [0.29, 0.717) is 11.1 Å². The molecule has 21 heavy (non-hydrogen) atoms. The molecule has 114 valence electrons. The van der Waals surface area contributed by atoms with E-state index in [0.717, 1.165) is 0 Å². The average molecular weight is 310 g/mol. The summed E-state index contributed by atoms with van der Waals surface area (Å²) in [6, 6.07) is 4.89. The van der Waals surface area contributed by atoms with Gasteiger partial charge in [-0.3, -0.25) is 4.79 Å². The van der Waals surface area contributed by atoms with Gasteiger partial charge in [-0.25, -0.2) is 13.1 Å². The third-order valence-electron chi connectivity index (χ3n) is 2.66. The summed E-state index contributed by atoms with van der Waals surface area (Å²) in [5.74, 6) is 4.98. The van der Waals surface area contributed by atoms with Gasteiger partial charge in [0.1, 0.15) is 0 Å². The molecule has 0 spiro atoms. The highest BCUT2D eigenvalue weighted by atomic mass is 32.2. The van der Waals surface area contributed by atoms with Crippen LogP contribution >= 0.6 is 0 Å². The summed E-state index contributed by atoms with van der Waals surface area (Å²) in [7, 11) is -2.45. The van der Waals surface area contributed by atoms with Crippen molar-refractivity contribution >= 4 is 16.0 Å². The fourth-order valence-corrected chi connectivity index (χ4v) is 2.89. The SMILES string of the molecule is COC(=O)CCNS(=O)(=O)c1cc(C#CCN)ccc1C. The van der Waals surface area contributed by atoms with E-state index in [-0.39, 0.29) is 24.4 Å². The average Bonchev–Trinajstić information content (AvgIpc) is 2.45. The van der Waals surface area contributed by atoms with Crippen molar-refractivity contribution in [3.05, 3.63) is 29.3 Å². The van der Waals surface area contributed by atoms with Crippen molar-refractivity contribution in [2.75, 3.05) is 20.2 Å². The Hall–Kier alpha value is -1.88. The van der Waals surface area contributed by atoms with E-state index >= 15 is 0 Å². The molecule has 0 saturated heterocycles. The van der Waals surface area contributed by atoms with Gasteiger partial charge >= 0.3 is 5.97 Å². The number of hydrogen-bond donors (Lipinski definition) is 2. The normalized spacial score (nSPS) is 10.6. The van der Waals surface area contributed by atoms with E-state index in [9.17, 15) is 13.2 Å². The number of rotatable bonds is 5. The van der Waals surface area contributed by atoms with Gasteiger partial charge in [0.2, 0.25) is 10.0 Å². The second-order valence-corrected chi connectivity index (χ2v) is 5.95. The highest BCUT2D eigenvalue weighted by molar-refractivity contribution is 7.89. The summed E-state index contributed by atoms with van der Waals surface area (Å²) >= 11 is 0. The van der Waals surface area contributed by atoms with Crippen LogP contribution < -0.4 is 10.5 Å². The van der Waals surface area contributed by atoms with E-state index in [4.69, 9.17) is 5.73 Å². The van der Waals surface area contributed by atoms with Gasteiger partial charge in [-0.05, 0) is 24.6 Å². The Bertz CT molecular complexity index is 672. The molecule has 0 saturated carbocycles. The van der Waals surface area contributed by atoms with E-state index in [2.05, 4.69) is 21.3 Å². The molecule has 6 nitrogen and oxygen atoms in total. The van der Waals surface area contributed by atoms with Gasteiger partial charge in [0, 0.05) is 12.1 Å². The third-order valence-corrected chi connectivity index (χ3v) is 4.26. The molecular formula is C14H18N2O4S. The topological polar surface area (TPSA) is 98.5 Å². The van der Waals surface area contributed by atoms with Gasteiger partial charge in [-0.15, -0.1) is 0 Å². The van der Waals surface area contributed by atoms with Crippen molar-refractivity contribution in [1.82, 2.24) is 4.72 Å². The lowest BCUT2D eigenvalue weighted by atomic mass is 10.1. The predicted octanol–water partition coefficient (Wildman–Crippen LogP) is 0.147. The van der Waals surface area contributed by atoms with Crippen LogP contribution in [0.25, 0.3) is 0 Å². The Morgan fingerprint density at radius 1 is 1.43 bits per heavy atom. The highest BCUT2D eigenvalue weighted by Gasteiger charge is 2.17. The maximum absolute atomic E-state index is 12.2. The minimum atomic E-state index is -3.70. The molecule has 0 atom stereocenters. The second kappa shape index (κ2) is 7.78. The lowest BCUT2D eigenvalue weighted by Gasteiger charge is -2.09. The van der Waals surface area contributed by atoms with Crippen LogP contribution in [-0.4, -0.2) is 34.6 Å². The molecular weight excluding hydrogens is 292 g/mol. The van der Waals surface area contributed by atoms with Gasteiger partial charge in [-0.2, -0.15) is 0 Å². The van der Waals surface area contributed by atoms with Crippen LogP contribution in [0.2, 0.25) is 0 Å². The number of hydrogen-bond acceptors (Lipinski definition) is 5. The van der Waals surface area contributed by atoms with Crippen LogP contribution in [0.3, 0.4) is 0 Å². The van der Waals surface area contributed by atoms with Crippen molar-refractivity contribution in [2.24, 2.45) is 5.73 Å². The molecule has 0 aromatic heterocycles. The Morgan fingerprint density at radius 3 is 2.76 bits per heavy atom. The molecule has 0 fully saturated rings. The number of nitrogens with one attached hydrogen (secondary N) is 1. The van der Waals surface area contributed by atoms with Crippen LogP contribution in [0.4, 0.5) is 0 Å². The van der Waals surface area contributed by atoms with Gasteiger partial charge < -0.3 is 10.5 Å². The van der Waals surface area contributed by atoms with Gasteiger partial charge in [0.15, 0.2) is 0 Å². The van der Waals surface area contributed by atoms with E-state index in [1.165, 1.54) is 13.2 Å². The molecule has 3 N–H and O–H groups in total. The zero-order valence-electron chi connectivity index (χ0n) is 12.0. The molecule has 0 unspecified atom stereocenters. The molecule has 0 aliphatic heterocycles. The molecule has 7 heteroatoms. The molecule has 0 radical (unpaired) electrons. The molecule has 0 bridgehead atoms. The number of aryl methyl sites for hydroxylation is 1. The number of sulfonamides is 1. The Balaban J connectivity index is 2.94. The van der Waals surface area contributed by atoms with E-state index in [1.54, 1.807) is 19.1 Å². The van der Waals surface area contributed by atoms with Crippen LogP contribution in [-0.2, 0) is 19.6 Å². The molecule has 1 rings (SSSR count). The van der Waals surface area contributed by atoms with Crippen molar-refractivity contribution in [2.45, 2.75) is 18.2 Å². The lowest BCUT2D eigenvalue weighted by molar-refractivity contribution is -0.140. The van der Waals surface area contributed by atoms with Crippen LogP contribution in [0, 0.1) is 18.8 Å². The number of carbonyl (C=O) groups excluding carboxylic acids is 1. The standard InChI is InChI=1S/C14H18N2O4S/c1-11-5-6-12(4-3-8-15)10-13(11)21(18,19)16-9-7-14(17)20-2/h5-6,10,16H,7-9,15H2,1-2H3. The predicted molar refractivity (Wildman–Crippen MR) is 78.9 cm³/mol. The monoisotopic (exact) mass is 310 g/mol. The Morgan fingerprint density at radius 2 is 2.14 bits per heavy atom. The molecule has 1 aromatic rings. The highest BCUT2D eigenvalue weighted by Crippen LogP contribution is 2.16. The number of esters is 1. The minimum Gasteiger partial charge on any atom is -0.469 e. The van der Waals surface area contributed by atoms with E-state index < -0.39 is 16.0 Å². The maximum atomic E-state index is 12.2. The van der Waals surface area contributed by atoms with Crippen molar-refractivity contribution < 1.29 is 17.9 Å². The second-order valence-electron chi connectivity index (χ2n) is 4.21. The van der Waals surface area contributed by atoms with Crippen molar-refractivity contribution in [3.8, 4) is 11.8 Å². The number of methoxy groups -OCH3 is 1. The Labute approximate surface area is 124 Å². The number of ether oxygens (including phenoxy) is 1. The number of nitrogens with two attached hydrogens (primary N) is 1. The fraction of sp³-hybridized carbons (Fsp3) is 0.357. The fourth-order valence-electron chi connectivity index (χ4n) is 1.59. The largest absolute Gasteiger partial charge is 0.469 e. The zero-order valence-corrected chi connectivity index (χ0v) is 12.8. The summed E-state index contributed by atoms with van der Waals surface area (Å²) in [5, 5.41) is 0. The van der Waals surface area contributed by atoms with Gasteiger partial charge in [0.05, 0.1) is 25.0 Å². The van der Waals surface area contributed by atoms with Gasteiger partial charge in [-0.1, -0.05) is 17.9 Å². The first kappa shape index (κ1) is 17.2. The first-order chi connectivity index (χ1) is 9.90. The smallest absolute Gasteiger partial charge is 0.306 e. The lowest BCUT2D eigenvalue weighted by Crippen LogP contribution is -2.27. The Kier molecular flexibility index (Phi) is 6.37. The summed E-state index contributed by atoms with van der Waals surface area (Å²) < 4.78 is 31.2. The number of benzene rings is 1. The summed E-state index contributed by atoms with van der Waals surface area (Å²) in [6.07, 6.45) is -0.0263. The number of carbonyl (C=O) groups is 1. The maximum Gasteiger partial charge on any atom is 0.306 e. The summed E-state index contributed by atoms with van der Waals surface area (Å²) in [5.41, 5.74) is 6.45. The molecule has 1 aromatic carbocycles. The minimum absolute atomic E-state index is 0.0207. The van der Waals surface area contributed by atoms with Crippen LogP contribution in [0.1, 0.15) is 17.5 Å². The van der Waals surface area contributed by atoms with Crippen molar-refractivity contribution in [3.63, 3.8) is 0 Å². The van der Waals surface area contributed by atoms with E-state index in [1.807, 2.05) is 0 Å². The first-order valence-corrected chi connectivity index (χ1v) is 7.75.